The third kappa shape index (κ3) is 9.57. The zero-order valence-corrected chi connectivity index (χ0v) is 23.9. The van der Waals surface area contributed by atoms with Crippen molar-refractivity contribution < 1.29 is 9.53 Å². The van der Waals surface area contributed by atoms with Crippen molar-refractivity contribution in [1.82, 2.24) is 4.98 Å². The molecule has 4 nitrogen and oxygen atoms in total. The van der Waals surface area contributed by atoms with Crippen LogP contribution in [0.3, 0.4) is 0 Å². The minimum absolute atomic E-state index is 0.114. The zero-order chi connectivity index (χ0) is 27.1. The van der Waals surface area contributed by atoms with Gasteiger partial charge in [-0.25, -0.2) is 0 Å². The van der Waals surface area contributed by atoms with Gasteiger partial charge in [-0.05, 0) is 80.8 Å². The fourth-order valence-electron chi connectivity index (χ4n) is 5.64. The van der Waals surface area contributed by atoms with Gasteiger partial charge in [-0.3, -0.25) is 9.78 Å². The molecule has 38 heavy (non-hydrogen) atoms. The minimum atomic E-state index is -0.249. The Hall–Kier alpha value is -2.67. The van der Waals surface area contributed by atoms with E-state index in [2.05, 4.69) is 37.0 Å². The van der Waals surface area contributed by atoms with Crippen LogP contribution in [0.25, 0.3) is 11.3 Å². The number of nitrogens with zero attached hydrogens (tertiary/aromatic N) is 2. The highest BCUT2D eigenvalue weighted by Gasteiger charge is 2.37. The van der Waals surface area contributed by atoms with E-state index in [1.807, 2.05) is 30.5 Å². The monoisotopic (exact) mass is 516 g/mol. The zero-order valence-electron chi connectivity index (χ0n) is 23.9. The third-order valence-corrected chi connectivity index (χ3v) is 8.28. The summed E-state index contributed by atoms with van der Waals surface area (Å²) in [6.45, 7) is 4.48. The molecule has 1 saturated carbocycles. The van der Waals surface area contributed by atoms with Gasteiger partial charge in [0.15, 0.2) is 0 Å². The summed E-state index contributed by atoms with van der Waals surface area (Å²) in [6.07, 6.45) is 21.0. The van der Waals surface area contributed by atoms with Crippen molar-refractivity contribution in [2.24, 2.45) is 11.3 Å². The number of rotatable bonds is 16. The Bertz CT molecular complexity index is 983. The van der Waals surface area contributed by atoms with E-state index < -0.39 is 0 Å². The Morgan fingerprint density at radius 2 is 1.53 bits per heavy atom. The van der Waals surface area contributed by atoms with Crippen LogP contribution in [0.2, 0.25) is 0 Å². The fraction of sp³-hybridized carbons (Fsp3) is 0.618. The molecule has 0 saturated heterocycles. The first kappa shape index (κ1) is 29.9. The van der Waals surface area contributed by atoms with Crippen LogP contribution in [0, 0.1) is 22.7 Å². The molecule has 0 amide bonds. The van der Waals surface area contributed by atoms with Crippen LogP contribution in [-0.2, 0) is 11.2 Å². The molecular weight excluding hydrogens is 468 g/mol. The lowest BCUT2D eigenvalue weighted by Gasteiger charge is -2.34. The number of carbonyl (C=O) groups excluding carboxylic acids is 1. The second kappa shape index (κ2) is 16.3. The normalized spacial score (nSPS) is 19.1. The van der Waals surface area contributed by atoms with Gasteiger partial charge in [0.1, 0.15) is 5.75 Å². The van der Waals surface area contributed by atoms with Gasteiger partial charge in [-0.15, -0.1) is 0 Å². The van der Waals surface area contributed by atoms with Crippen molar-refractivity contribution in [2.45, 2.75) is 123 Å². The van der Waals surface area contributed by atoms with E-state index in [4.69, 9.17) is 4.74 Å². The first-order valence-corrected chi connectivity index (χ1v) is 15.3. The number of esters is 1. The van der Waals surface area contributed by atoms with Crippen LogP contribution in [0.5, 0.6) is 5.75 Å². The number of nitriles is 1. The first-order chi connectivity index (χ1) is 18.6. The van der Waals surface area contributed by atoms with Gasteiger partial charge in [0.05, 0.1) is 23.1 Å². The smallest absolute Gasteiger partial charge is 0.314 e. The molecule has 0 atom stereocenters. The molecule has 0 radical (unpaired) electrons. The predicted molar refractivity (Wildman–Crippen MR) is 156 cm³/mol. The van der Waals surface area contributed by atoms with E-state index in [1.54, 1.807) is 0 Å². The van der Waals surface area contributed by atoms with Crippen LogP contribution >= 0.6 is 0 Å². The second-order valence-corrected chi connectivity index (χ2v) is 11.3. The van der Waals surface area contributed by atoms with Crippen LogP contribution in [-0.4, -0.2) is 11.0 Å². The molecule has 0 N–H and O–H groups in total. The minimum Gasteiger partial charge on any atom is -0.426 e. The summed E-state index contributed by atoms with van der Waals surface area (Å²) in [5, 5.41) is 9.87. The maximum atomic E-state index is 12.8. The van der Waals surface area contributed by atoms with Gasteiger partial charge in [0, 0.05) is 11.8 Å². The summed E-state index contributed by atoms with van der Waals surface area (Å²) in [6, 6.07) is 14.5. The molecular formula is C34H48N2O2. The summed E-state index contributed by atoms with van der Waals surface area (Å²) in [4.78, 5) is 17.5. The maximum Gasteiger partial charge on any atom is 0.314 e. The summed E-state index contributed by atoms with van der Waals surface area (Å²) in [7, 11) is 0. The Labute approximate surface area is 231 Å². The Kier molecular flexibility index (Phi) is 12.8. The van der Waals surface area contributed by atoms with Crippen LogP contribution < -0.4 is 4.74 Å². The molecule has 0 unspecified atom stereocenters. The van der Waals surface area contributed by atoms with Crippen molar-refractivity contribution in [3.05, 3.63) is 48.2 Å². The average Bonchev–Trinajstić information content (AvgIpc) is 2.96. The number of hydrogen-bond acceptors (Lipinski definition) is 4. The first-order valence-electron chi connectivity index (χ1n) is 15.3. The molecule has 0 aliphatic heterocycles. The SMILES string of the molecule is CCCCCCCCC1(C#N)CCC(C(=O)Oc2ccc(-c3ccc(CCCCCCC)cn3)cc2)CC1. The molecule has 1 heterocycles. The molecule has 1 aliphatic rings. The van der Waals surface area contributed by atoms with Gasteiger partial charge in [0.2, 0.25) is 0 Å². The van der Waals surface area contributed by atoms with Crippen molar-refractivity contribution in [3.8, 4) is 23.1 Å². The van der Waals surface area contributed by atoms with Crippen molar-refractivity contribution in [3.63, 3.8) is 0 Å². The van der Waals surface area contributed by atoms with E-state index in [-0.39, 0.29) is 17.3 Å². The van der Waals surface area contributed by atoms with E-state index in [0.29, 0.717) is 5.75 Å². The van der Waals surface area contributed by atoms with E-state index in [1.165, 1.54) is 69.8 Å². The quantitative estimate of drug-likeness (QED) is 0.127. The number of aryl methyl sites for hydroxylation is 1. The van der Waals surface area contributed by atoms with Crippen molar-refractivity contribution >= 4 is 5.97 Å². The number of aromatic nitrogens is 1. The Morgan fingerprint density at radius 1 is 0.895 bits per heavy atom. The Balaban J connectivity index is 1.42. The molecule has 1 aliphatic carbocycles. The van der Waals surface area contributed by atoms with E-state index in [0.717, 1.165) is 56.2 Å². The highest BCUT2D eigenvalue weighted by atomic mass is 16.5. The largest absolute Gasteiger partial charge is 0.426 e. The highest BCUT2D eigenvalue weighted by Crippen LogP contribution is 2.43. The van der Waals surface area contributed by atoms with Gasteiger partial charge in [-0.2, -0.15) is 5.26 Å². The fourth-order valence-corrected chi connectivity index (χ4v) is 5.64. The third-order valence-electron chi connectivity index (χ3n) is 8.28. The Morgan fingerprint density at radius 3 is 2.13 bits per heavy atom. The molecule has 1 aromatic heterocycles. The summed E-state index contributed by atoms with van der Waals surface area (Å²) in [5.74, 6) is 0.300. The summed E-state index contributed by atoms with van der Waals surface area (Å²) in [5.41, 5.74) is 2.99. The number of pyridine rings is 1. The topological polar surface area (TPSA) is 63.0 Å². The molecule has 2 aromatic rings. The van der Waals surface area contributed by atoms with E-state index in [9.17, 15) is 10.1 Å². The molecule has 3 rings (SSSR count). The van der Waals surface area contributed by atoms with E-state index >= 15 is 0 Å². The van der Waals surface area contributed by atoms with Crippen molar-refractivity contribution in [1.29, 1.82) is 5.26 Å². The predicted octanol–water partition coefficient (Wildman–Crippen LogP) is 9.62. The van der Waals surface area contributed by atoms with Gasteiger partial charge in [0.25, 0.3) is 0 Å². The average molecular weight is 517 g/mol. The molecule has 0 bridgehead atoms. The van der Waals surface area contributed by atoms with Gasteiger partial charge in [-0.1, -0.05) is 84.1 Å². The highest BCUT2D eigenvalue weighted by molar-refractivity contribution is 5.75. The molecule has 4 heteroatoms. The second-order valence-electron chi connectivity index (χ2n) is 11.3. The lowest BCUT2D eigenvalue weighted by Crippen LogP contribution is -2.31. The molecule has 206 valence electrons. The van der Waals surface area contributed by atoms with Crippen LogP contribution in [0.15, 0.2) is 42.6 Å². The summed E-state index contributed by atoms with van der Waals surface area (Å²) >= 11 is 0. The standard InChI is InChI=1S/C34H48N2O2/c1-3-5-7-9-11-13-23-34(27-35)24-21-30(22-25-34)33(37)38-31-18-16-29(17-19-31)32-20-15-28(26-36-32)14-12-10-8-6-4-2/h15-20,26,30H,3-14,21-25H2,1-2H3. The number of benzene rings is 1. The number of unbranched alkanes of at least 4 members (excludes halogenated alkanes) is 9. The van der Waals surface area contributed by atoms with Gasteiger partial charge >= 0.3 is 5.97 Å². The van der Waals surface area contributed by atoms with Gasteiger partial charge < -0.3 is 4.74 Å². The number of hydrogen-bond donors (Lipinski definition) is 0. The molecule has 0 spiro atoms. The van der Waals surface area contributed by atoms with Crippen LogP contribution in [0.4, 0.5) is 0 Å². The maximum absolute atomic E-state index is 12.8. The number of ether oxygens (including phenoxy) is 1. The van der Waals surface area contributed by atoms with Crippen molar-refractivity contribution in [2.75, 3.05) is 0 Å². The lowest BCUT2D eigenvalue weighted by atomic mass is 9.69. The lowest BCUT2D eigenvalue weighted by molar-refractivity contribution is -0.140. The van der Waals surface area contributed by atoms with Crippen LogP contribution in [0.1, 0.15) is 122 Å². The number of carbonyl (C=O) groups is 1. The summed E-state index contributed by atoms with van der Waals surface area (Å²) < 4.78 is 5.73. The molecule has 1 fully saturated rings. The molecule has 1 aromatic carbocycles.